The minimum atomic E-state index is -3.32. The van der Waals surface area contributed by atoms with Crippen molar-refractivity contribution in [1.82, 2.24) is 5.32 Å². The zero-order valence-electron chi connectivity index (χ0n) is 16.4. The van der Waals surface area contributed by atoms with Gasteiger partial charge in [0, 0.05) is 7.05 Å². The van der Waals surface area contributed by atoms with E-state index in [1.54, 1.807) is 31.2 Å². The molecule has 0 fully saturated rings. The Labute approximate surface area is 166 Å². The molecule has 3 rings (SSSR count). The fourth-order valence-corrected chi connectivity index (χ4v) is 3.88. The number of anilines is 1. The van der Waals surface area contributed by atoms with Crippen molar-refractivity contribution in [2.45, 2.75) is 38.3 Å². The molecule has 2 aromatic rings. The van der Waals surface area contributed by atoms with E-state index < -0.39 is 16.1 Å². The maximum atomic E-state index is 12.6. The average molecular weight is 403 g/mol. The number of hydrogen-bond acceptors (Lipinski definition) is 4. The van der Waals surface area contributed by atoms with Crippen LogP contribution in [-0.4, -0.2) is 33.7 Å². The van der Waals surface area contributed by atoms with E-state index in [0.29, 0.717) is 11.4 Å². The van der Waals surface area contributed by atoms with Crippen LogP contribution in [0.2, 0.25) is 0 Å². The van der Waals surface area contributed by atoms with Gasteiger partial charge in [0.15, 0.2) is 6.10 Å². The molecule has 1 aliphatic rings. The number of carbonyl (C=O) groups is 1. The topological polar surface area (TPSA) is 75.7 Å². The fourth-order valence-electron chi connectivity index (χ4n) is 3.38. The number of amides is 1. The highest BCUT2D eigenvalue weighted by molar-refractivity contribution is 7.92. The molecule has 7 heteroatoms. The van der Waals surface area contributed by atoms with Crippen LogP contribution < -0.4 is 14.4 Å². The highest BCUT2D eigenvalue weighted by atomic mass is 32.2. The van der Waals surface area contributed by atoms with Crippen molar-refractivity contribution in [1.29, 1.82) is 0 Å². The normalized spacial score (nSPS) is 17.3. The number of carbonyl (C=O) groups excluding carboxylic acids is 1. The lowest BCUT2D eigenvalue weighted by atomic mass is 9.87. The Morgan fingerprint density at radius 1 is 1.18 bits per heavy atom. The molecular weight excluding hydrogens is 376 g/mol. The lowest BCUT2D eigenvalue weighted by molar-refractivity contribution is -0.128. The predicted molar refractivity (Wildman–Crippen MR) is 110 cm³/mol. The van der Waals surface area contributed by atoms with Crippen molar-refractivity contribution in [3.05, 3.63) is 59.7 Å². The standard InChI is InChI=1S/C21H26N2O4S/c1-15(27-18-13-11-17(12-14-18)23(2)28(3,25)26)21(24)22-20-10-6-8-16-7-4-5-9-19(16)20/h4-5,7,9,11-15,20H,6,8,10H2,1-3H3,(H,22,24)/t15-,20+/m0/s1. The smallest absolute Gasteiger partial charge is 0.261 e. The molecule has 1 amide bonds. The number of hydrogen-bond donors (Lipinski definition) is 1. The van der Waals surface area contributed by atoms with Gasteiger partial charge in [-0.3, -0.25) is 9.10 Å². The third-order valence-electron chi connectivity index (χ3n) is 5.07. The van der Waals surface area contributed by atoms with Crippen LogP contribution in [0.5, 0.6) is 5.75 Å². The van der Waals surface area contributed by atoms with Crippen LogP contribution in [0.25, 0.3) is 0 Å². The van der Waals surface area contributed by atoms with Gasteiger partial charge in [-0.15, -0.1) is 0 Å². The summed E-state index contributed by atoms with van der Waals surface area (Å²) in [5.41, 5.74) is 3.01. The molecule has 0 saturated heterocycles. The molecule has 6 nitrogen and oxygen atoms in total. The first-order chi connectivity index (χ1) is 13.3. The second kappa shape index (κ2) is 8.22. The van der Waals surface area contributed by atoms with Gasteiger partial charge in [-0.1, -0.05) is 24.3 Å². The molecule has 0 unspecified atom stereocenters. The van der Waals surface area contributed by atoms with Crippen LogP contribution >= 0.6 is 0 Å². The highest BCUT2D eigenvalue weighted by Gasteiger charge is 2.24. The van der Waals surface area contributed by atoms with E-state index in [2.05, 4.69) is 17.4 Å². The molecule has 150 valence electrons. The summed E-state index contributed by atoms with van der Waals surface area (Å²) in [6, 6.07) is 14.8. The second-order valence-electron chi connectivity index (χ2n) is 7.14. The van der Waals surface area contributed by atoms with Crippen molar-refractivity contribution in [3.8, 4) is 5.75 Å². The first-order valence-electron chi connectivity index (χ1n) is 9.34. The summed E-state index contributed by atoms with van der Waals surface area (Å²) >= 11 is 0. The minimum absolute atomic E-state index is 0.00860. The van der Waals surface area contributed by atoms with Gasteiger partial charge in [0.1, 0.15) is 5.75 Å². The van der Waals surface area contributed by atoms with Gasteiger partial charge in [-0.25, -0.2) is 8.42 Å². The van der Waals surface area contributed by atoms with Crippen molar-refractivity contribution in [3.63, 3.8) is 0 Å². The van der Waals surface area contributed by atoms with E-state index in [9.17, 15) is 13.2 Å². The number of fused-ring (bicyclic) bond motifs is 1. The summed E-state index contributed by atoms with van der Waals surface area (Å²) in [6.07, 6.45) is 3.50. The van der Waals surface area contributed by atoms with Gasteiger partial charge in [0.25, 0.3) is 5.91 Å². The van der Waals surface area contributed by atoms with E-state index in [1.165, 1.54) is 22.5 Å². The first kappa shape index (κ1) is 20.2. The van der Waals surface area contributed by atoms with Crippen LogP contribution in [0.4, 0.5) is 5.69 Å². The zero-order chi connectivity index (χ0) is 20.3. The molecule has 0 saturated carbocycles. The summed E-state index contributed by atoms with van der Waals surface area (Å²) in [5, 5.41) is 3.09. The number of sulfonamides is 1. The Morgan fingerprint density at radius 2 is 1.86 bits per heavy atom. The van der Waals surface area contributed by atoms with E-state index in [-0.39, 0.29) is 11.9 Å². The molecule has 28 heavy (non-hydrogen) atoms. The summed E-state index contributed by atoms with van der Waals surface area (Å²) in [5.74, 6) is 0.344. The van der Waals surface area contributed by atoms with Crippen LogP contribution in [0.1, 0.15) is 36.9 Å². The molecule has 1 N–H and O–H groups in total. The van der Waals surface area contributed by atoms with Crippen molar-refractivity contribution in [2.24, 2.45) is 0 Å². The molecule has 2 aromatic carbocycles. The Kier molecular flexibility index (Phi) is 5.93. The maximum absolute atomic E-state index is 12.6. The number of nitrogens with zero attached hydrogens (tertiary/aromatic N) is 1. The van der Waals surface area contributed by atoms with Crippen molar-refractivity contribution >= 4 is 21.6 Å². The Balaban J connectivity index is 1.62. The molecular formula is C21H26N2O4S. The molecule has 0 heterocycles. The van der Waals surface area contributed by atoms with E-state index in [0.717, 1.165) is 25.5 Å². The van der Waals surface area contributed by atoms with Crippen molar-refractivity contribution in [2.75, 3.05) is 17.6 Å². The van der Waals surface area contributed by atoms with Gasteiger partial charge < -0.3 is 10.1 Å². The van der Waals surface area contributed by atoms with Crippen LogP contribution in [0.15, 0.2) is 48.5 Å². The van der Waals surface area contributed by atoms with Gasteiger partial charge in [-0.2, -0.15) is 0 Å². The summed E-state index contributed by atoms with van der Waals surface area (Å²) in [6.45, 7) is 1.71. The summed E-state index contributed by atoms with van der Waals surface area (Å²) in [7, 11) is -1.83. The Bertz CT molecular complexity index is 941. The average Bonchev–Trinajstić information content (AvgIpc) is 2.67. The van der Waals surface area contributed by atoms with Gasteiger partial charge >= 0.3 is 0 Å². The third-order valence-corrected chi connectivity index (χ3v) is 6.27. The van der Waals surface area contributed by atoms with Gasteiger partial charge in [-0.05, 0) is 61.6 Å². The van der Waals surface area contributed by atoms with E-state index in [4.69, 9.17) is 4.74 Å². The lowest BCUT2D eigenvalue weighted by Gasteiger charge is -2.27. The van der Waals surface area contributed by atoms with Crippen LogP contribution in [0.3, 0.4) is 0 Å². The second-order valence-corrected chi connectivity index (χ2v) is 9.15. The van der Waals surface area contributed by atoms with Crippen LogP contribution in [-0.2, 0) is 21.2 Å². The Hall–Kier alpha value is -2.54. The van der Waals surface area contributed by atoms with Crippen molar-refractivity contribution < 1.29 is 17.9 Å². The van der Waals surface area contributed by atoms with Gasteiger partial charge in [0.05, 0.1) is 18.0 Å². The highest BCUT2D eigenvalue weighted by Crippen LogP contribution is 2.29. The number of aryl methyl sites for hydroxylation is 1. The largest absolute Gasteiger partial charge is 0.481 e. The molecule has 0 aromatic heterocycles. The van der Waals surface area contributed by atoms with Gasteiger partial charge in [0.2, 0.25) is 10.0 Å². The molecule has 0 bridgehead atoms. The monoisotopic (exact) mass is 402 g/mol. The maximum Gasteiger partial charge on any atom is 0.261 e. The number of nitrogens with one attached hydrogen (secondary N) is 1. The molecule has 0 radical (unpaired) electrons. The first-order valence-corrected chi connectivity index (χ1v) is 11.2. The summed E-state index contributed by atoms with van der Waals surface area (Å²) < 4.78 is 30.1. The SMILES string of the molecule is C[C@H](Oc1ccc(N(C)S(C)(=O)=O)cc1)C(=O)N[C@@H]1CCCc2ccccc21. The number of benzene rings is 2. The van der Waals surface area contributed by atoms with Crippen LogP contribution in [0, 0.1) is 0 Å². The quantitative estimate of drug-likeness (QED) is 0.806. The number of ether oxygens (including phenoxy) is 1. The predicted octanol–water partition coefficient (Wildman–Crippen LogP) is 3.04. The molecule has 0 spiro atoms. The minimum Gasteiger partial charge on any atom is -0.481 e. The van der Waals surface area contributed by atoms with E-state index in [1.807, 2.05) is 12.1 Å². The molecule has 0 aliphatic heterocycles. The fraction of sp³-hybridized carbons (Fsp3) is 0.381. The summed E-state index contributed by atoms with van der Waals surface area (Å²) in [4.78, 5) is 12.6. The molecule has 2 atom stereocenters. The molecule has 1 aliphatic carbocycles. The zero-order valence-corrected chi connectivity index (χ0v) is 17.2. The third kappa shape index (κ3) is 4.65. The van der Waals surface area contributed by atoms with E-state index >= 15 is 0 Å². The number of rotatable bonds is 6. The lowest BCUT2D eigenvalue weighted by Crippen LogP contribution is -2.39. The Morgan fingerprint density at radius 3 is 2.54 bits per heavy atom.